The number of carbonyl (C=O) groups excluding carboxylic acids is 1. The number of carbonyl (C=O) groups is 1. The Bertz CT molecular complexity index is 942. The Morgan fingerprint density at radius 2 is 1.84 bits per heavy atom. The summed E-state index contributed by atoms with van der Waals surface area (Å²) in [5.74, 6) is 0.188. The molecule has 31 heavy (non-hydrogen) atoms. The van der Waals surface area contributed by atoms with E-state index < -0.39 is 0 Å². The number of amides is 1. The molecule has 1 aliphatic heterocycles. The SMILES string of the molecule is Cl.O=C(Nc1ccc(-c2nnc(NCCCN3CCCCC3)o2)cc1)c1ccccn1. The second-order valence-corrected chi connectivity index (χ2v) is 7.34. The first-order chi connectivity index (χ1) is 14.8. The zero-order valence-corrected chi connectivity index (χ0v) is 18.1. The van der Waals surface area contributed by atoms with Crippen molar-refractivity contribution in [3.63, 3.8) is 0 Å². The van der Waals surface area contributed by atoms with E-state index >= 15 is 0 Å². The molecule has 8 nitrogen and oxygen atoms in total. The average Bonchev–Trinajstić information content (AvgIpc) is 3.27. The molecule has 3 aromatic rings. The molecule has 4 rings (SSSR count). The standard InChI is InChI=1S/C22H26N6O2.ClH/c29-20(19-7-2-3-12-23-19)25-18-10-8-17(9-11-18)21-26-27-22(30-21)24-13-6-16-28-14-4-1-5-15-28;/h2-3,7-12H,1,4-6,13-16H2,(H,24,27)(H,25,29);1H. The van der Waals surface area contributed by atoms with Gasteiger partial charge in [-0.2, -0.15) is 0 Å². The summed E-state index contributed by atoms with van der Waals surface area (Å²) < 4.78 is 5.71. The molecule has 0 bridgehead atoms. The van der Waals surface area contributed by atoms with Crippen LogP contribution in [0.2, 0.25) is 0 Å². The molecule has 1 amide bonds. The van der Waals surface area contributed by atoms with E-state index in [1.54, 1.807) is 36.5 Å². The van der Waals surface area contributed by atoms with Crippen LogP contribution in [0.5, 0.6) is 0 Å². The van der Waals surface area contributed by atoms with Crippen molar-refractivity contribution in [2.75, 3.05) is 36.8 Å². The maximum Gasteiger partial charge on any atom is 0.315 e. The van der Waals surface area contributed by atoms with Gasteiger partial charge in [0.15, 0.2) is 0 Å². The van der Waals surface area contributed by atoms with Crippen LogP contribution in [-0.4, -0.2) is 52.2 Å². The maximum atomic E-state index is 12.2. The average molecular weight is 443 g/mol. The summed E-state index contributed by atoms with van der Waals surface area (Å²) in [7, 11) is 0. The lowest BCUT2D eigenvalue weighted by Gasteiger charge is -2.26. The Kier molecular flexibility index (Phi) is 8.37. The molecule has 0 unspecified atom stereocenters. The van der Waals surface area contributed by atoms with Crippen molar-refractivity contribution in [3.8, 4) is 11.5 Å². The number of aromatic nitrogens is 3. The Balaban J connectivity index is 0.00000272. The molecule has 1 aliphatic rings. The minimum atomic E-state index is -0.253. The first kappa shape index (κ1) is 22.7. The maximum absolute atomic E-state index is 12.2. The summed E-state index contributed by atoms with van der Waals surface area (Å²) in [6, 6.07) is 12.9. The fourth-order valence-electron chi connectivity index (χ4n) is 3.48. The largest absolute Gasteiger partial charge is 0.403 e. The Hall–Kier alpha value is -2.97. The third-order valence-electron chi connectivity index (χ3n) is 5.09. The molecular weight excluding hydrogens is 416 g/mol. The number of likely N-dealkylation sites (tertiary alicyclic amines) is 1. The molecule has 0 aliphatic carbocycles. The van der Waals surface area contributed by atoms with Crippen LogP contribution in [0.4, 0.5) is 11.7 Å². The number of hydrogen-bond donors (Lipinski definition) is 2. The summed E-state index contributed by atoms with van der Waals surface area (Å²) in [6.45, 7) is 4.32. The molecule has 9 heteroatoms. The van der Waals surface area contributed by atoms with E-state index in [1.165, 1.54) is 32.4 Å². The van der Waals surface area contributed by atoms with Crippen LogP contribution in [0.25, 0.3) is 11.5 Å². The fourth-order valence-corrected chi connectivity index (χ4v) is 3.48. The topological polar surface area (TPSA) is 96.2 Å². The Labute approximate surface area is 187 Å². The van der Waals surface area contributed by atoms with E-state index in [0.29, 0.717) is 23.3 Å². The molecule has 1 aromatic carbocycles. The minimum absolute atomic E-state index is 0. The van der Waals surface area contributed by atoms with Gasteiger partial charge in [0.2, 0.25) is 5.89 Å². The van der Waals surface area contributed by atoms with Crippen molar-refractivity contribution < 1.29 is 9.21 Å². The van der Waals surface area contributed by atoms with Crippen LogP contribution < -0.4 is 10.6 Å². The number of nitrogens with zero attached hydrogens (tertiary/aromatic N) is 4. The number of pyridine rings is 1. The van der Waals surface area contributed by atoms with Crippen LogP contribution in [0.15, 0.2) is 53.1 Å². The lowest BCUT2D eigenvalue weighted by molar-refractivity contribution is 0.102. The van der Waals surface area contributed by atoms with Crippen LogP contribution >= 0.6 is 12.4 Å². The van der Waals surface area contributed by atoms with Crippen LogP contribution in [0.1, 0.15) is 36.2 Å². The highest BCUT2D eigenvalue weighted by Crippen LogP contribution is 2.22. The lowest BCUT2D eigenvalue weighted by atomic mass is 10.1. The second-order valence-electron chi connectivity index (χ2n) is 7.34. The smallest absolute Gasteiger partial charge is 0.315 e. The summed E-state index contributed by atoms with van der Waals surface area (Å²) in [5, 5.41) is 14.2. The highest BCUT2D eigenvalue weighted by molar-refractivity contribution is 6.02. The van der Waals surface area contributed by atoms with Gasteiger partial charge in [0.05, 0.1) is 0 Å². The quantitative estimate of drug-likeness (QED) is 0.507. The number of piperidine rings is 1. The molecule has 2 N–H and O–H groups in total. The highest BCUT2D eigenvalue weighted by Gasteiger charge is 2.11. The summed E-state index contributed by atoms with van der Waals surface area (Å²) in [6.07, 6.45) is 6.62. The van der Waals surface area contributed by atoms with E-state index in [0.717, 1.165) is 25.1 Å². The van der Waals surface area contributed by atoms with E-state index in [9.17, 15) is 4.79 Å². The van der Waals surface area contributed by atoms with Gasteiger partial charge in [-0.25, -0.2) is 0 Å². The first-order valence-electron chi connectivity index (χ1n) is 10.4. The molecule has 0 radical (unpaired) electrons. The molecule has 0 spiro atoms. The van der Waals surface area contributed by atoms with Crippen LogP contribution in [0, 0.1) is 0 Å². The van der Waals surface area contributed by atoms with Gasteiger partial charge in [-0.15, -0.1) is 17.5 Å². The predicted octanol–water partition coefficient (Wildman–Crippen LogP) is 4.09. The molecule has 2 aromatic heterocycles. The minimum Gasteiger partial charge on any atom is -0.403 e. The monoisotopic (exact) mass is 442 g/mol. The van der Waals surface area contributed by atoms with E-state index in [2.05, 4.69) is 30.7 Å². The van der Waals surface area contributed by atoms with Crippen molar-refractivity contribution in [2.45, 2.75) is 25.7 Å². The van der Waals surface area contributed by atoms with Crippen molar-refractivity contribution in [1.82, 2.24) is 20.1 Å². The predicted molar refractivity (Wildman–Crippen MR) is 123 cm³/mol. The number of benzene rings is 1. The van der Waals surface area contributed by atoms with Crippen LogP contribution in [0.3, 0.4) is 0 Å². The van der Waals surface area contributed by atoms with Crippen molar-refractivity contribution in [3.05, 3.63) is 54.4 Å². The molecule has 1 fully saturated rings. The molecule has 164 valence electrons. The summed E-state index contributed by atoms with van der Waals surface area (Å²) in [5.41, 5.74) is 1.83. The van der Waals surface area contributed by atoms with Gasteiger partial charge in [0.25, 0.3) is 5.91 Å². The Morgan fingerprint density at radius 3 is 2.58 bits per heavy atom. The molecular formula is C22H27ClN6O2. The molecule has 0 atom stereocenters. The van der Waals surface area contributed by atoms with Gasteiger partial charge >= 0.3 is 6.01 Å². The zero-order chi connectivity index (χ0) is 20.6. The number of anilines is 2. The molecule has 1 saturated heterocycles. The van der Waals surface area contributed by atoms with Gasteiger partial charge in [-0.05, 0) is 75.3 Å². The second kappa shape index (κ2) is 11.4. The highest BCUT2D eigenvalue weighted by atomic mass is 35.5. The van der Waals surface area contributed by atoms with Gasteiger partial charge in [0, 0.05) is 24.0 Å². The van der Waals surface area contributed by atoms with Gasteiger partial charge in [-0.1, -0.05) is 17.6 Å². The molecule has 3 heterocycles. The van der Waals surface area contributed by atoms with Crippen molar-refractivity contribution >= 4 is 30.0 Å². The number of rotatable bonds is 8. The first-order valence-corrected chi connectivity index (χ1v) is 10.4. The summed E-state index contributed by atoms with van der Waals surface area (Å²) in [4.78, 5) is 18.7. The van der Waals surface area contributed by atoms with E-state index in [4.69, 9.17) is 4.42 Å². The summed E-state index contributed by atoms with van der Waals surface area (Å²) >= 11 is 0. The van der Waals surface area contributed by atoms with Gasteiger partial charge < -0.3 is 20.0 Å². The molecule has 0 saturated carbocycles. The number of halogens is 1. The number of nitrogens with one attached hydrogen (secondary N) is 2. The normalized spacial score (nSPS) is 13.9. The van der Waals surface area contributed by atoms with Crippen LogP contribution in [-0.2, 0) is 0 Å². The third-order valence-corrected chi connectivity index (χ3v) is 5.09. The fraction of sp³-hybridized carbons (Fsp3) is 0.364. The lowest BCUT2D eigenvalue weighted by Crippen LogP contribution is -2.31. The van der Waals surface area contributed by atoms with Gasteiger partial charge in [0.1, 0.15) is 5.69 Å². The van der Waals surface area contributed by atoms with Crippen molar-refractivity contribution in [1.29, 1.82) is 0 Å². The zero-order valence-electron chi connectivity index (χ0n) is 17.3. The third kappa shape index (κ3) is 6.50. The van der Waals surface area contributed by atoms with E-state index in [-0.39, 0.29) is 18.3 Å². The van der Waals surface area contributed by atoms with E-state index in [1.807, 2.05) is 12.1 Å². The van der Waals surface area contributed by atoms with Crippen molar-refractivity contribution in [2.24, 2.45) is 0 Å². The Morgan fingerprint density at radius 1 is 1.03 bits per heavy atom. The number of hydrogen-bond acceptors (Lipinski definition) is 7. The van der Waals surface area contributed by atoms with Gasteiger partial charge in [-0.3, -0.25) is 9.78 Å².